The molecule has 0 radical (unpaired) electrons. The van der Waals surface area contributed by atoms with Crippen LogP contribution in [-0.4, -0.2) is 34.2 Å². The Kier molecular flexibility index (Phi) is 6.92. The molecule has 0 fully saturated rings. The number of aliphatic carboxylic acids is 1. The van der Waals surface area contributed by atoms with Crippen molar-refractivity contribution in [3.8, 4) is 12.1 Å². The van der Waals surface area contributed by atoms with Gasteiger partial charge in [-0.2, -0.15) is 23.7 Å². The molecule has 3 rings (SSSR count). The molecular weight excluding hydrogens is 465 g/mol. The topological polar surface area (TPSA) is 139 Å². The van der Waals surface area contributed by atoms with Gasteiger partial charge in [-0.15, -0.1) is 0 Å². The van der Waals surface area contributed by atoms with Crippen molar-refractivity contribution >= 4 is 23.5 Å². The molecule has 0 saturated heterocycles. The van der Waals surface area contributed by atoms with Gasteiger partial charge in [0.05, 0.1) is 28.8 Å². The van der Waals surface area contributed by atoms with E-state index in [9.17, 15) is 28.0 Å². The van der Waals surface area contributed by atoms with Gasteiger partial charge in [-0.05, 0) is 42.8 Å². The van der Waals surface area contributed by atoms with Crippen molar-refractivity contribution in [2.45, 2.75) is 19.0 Å². The van der Waals surface area contributed by atoms with Crippen molar-refractivity contribution < 1.29 is 32.7 Å². The summed E-state index contributed by atoms with van der Waals surface area (Å²) in [7, 11) is 0. The summed E-state index contributed by atoms with van der Waals surface area (Å²) in [6, 6.07) is 13.6. The number of nitrogens with zero attached hydrogens (tertiary/aromatic N) is 3. The van der Waals surface area contributed by atoms with Crippen LogP contribution in [0.15, 0.2) is 59.8 Å². The standard InChI is InChI=1S/C24H17F3N4O4/c1-13-18(11-29)20(15-7-5-14(10-28)6-8-15)21(22(34)30-12-19(32)33)23(35)31(13)17-4-2-3-16(9-17)24(25,26)27/h2-9,20-21H,12H2,1H3,(H,30,34)(H,32,33)/p+1. The van der Waals surface area contributed by atoms with Crippen molar-refractivity contribution in [3.05, 3.63) is 76.5 Å². The Morgan fingerprint density at radius 2 is 1.83 bits per heavy atom. The Bertz CT molecular complexity index is 1300. The number of hydrogen-bond donors (Lipinski definition) is 2. The molecule has 2 atom stereocenters. The van der Waals surface area contributed by atoms with Gasteiger partial charge in [0, 0.05) is 17.3 Å². The van der Waals surface area contributed by atoms with E-state index in [1.165, 1.54) is 37.3 Å². The van der Waals surface area contributed by atoms with Gasteiger partial charge in [-0.3, -0.25) is 14.5 Å². The Hall–Kier alpha value is -4.64. The highest BCUT2D eigenvalue weighted by molar-refractivity contribution is 6.12. The fraction of sp³-hybridized carbons (Fsp3) is 0.208. The van der Waals surface area contributed by atoms with Crippen LogP contribution in [0.25, 0.3) is 0 Å². The zero-order chi connectivity index (χ0) is 25.9. The number of carbonyl (C=O) groups is 2. The maximum atomic E-state index is 13.6. The summed E-state index contributed by atoms with van der Waals surface area (Å²) in [5.41, 5.74) is -0.599. The van der Waals surface area contributed by atoms with Gasteiger partial charge in [0.1, 0.15) is 5.92 Å². The molecule has 11 heteroatoms. The third kappa shape index (κ3) is 4.99. The molecule has 0 saturated carbocycles. The van der Waals surface area contributed by atoms with E-state index in [2.05, 4.69) is 5.32 Å². The zero-order valence-electron chi connectivity index (χ0n) is 18.2. The monoisotopic (exact) mass is 483 g/mol. The second kappa shape index (κ2) is 9.69. The van der Waals surface area contributed by atoms with Crippen LogP contribution >= 0.6 is 0 Å². The summed E-state index contributed by atoms with van der Waals surface area (Å²) in [4.78, 5) is 36.6. The molecule has 1 heterocycles. The molecule has 1 aliphatic rings. The third-order valence-electron chi connectivity index (χ3n) is 5.51. The van der Waals surface area contributed by atoms with Crippen LogP contribution in [0, 0.1) is 28.6 Å². The van der Waals surface area contributed by atoms with Crippen LogP contribution in [0.1, 0.15) is 29.5 Å². The molecule has 0 aromatic heterocycles. The number of anilines is 1. The van der Waals surface area contributed by atoms with Gasteiger partial charge in [-0.1, -0.05) is 18.2 Å². The largest absolute Gasteiger partial charge is 0.500 e. The lowest BCUT2D eigenvalue weighted by molar-refractivity contribution is -0.138. The fourth-order valence-corrected chi connectivity index (χ4v) is 3.92. The minimum Gasteiger partial charge on any atom is -0.340 e. The lowest BCUT2D eigenvalue weighted by atomic mass is 9.75. The molecule has 2 aromatic carbocycles. The average Bonchev–Trinajstić information content (AvgIpc) is 2.82. The minimum absolute atomic E-state index is 0.0341. The first-order valence-corrected chi connectivity index (χ1v) is 10.1. The number of alkyl halides is 3. The summed E-state index contributed by atoms with van der Waals surface area (Å²) in [5.74, 6) is -5.77. The summed E-state index contributed by atoms with van der Waals surface area (Å²) < 4.78 is 39.9. The number of allylic oxidation sites excluding steroid dienone is 2. The molecule has 0 aliphatic carbocycles. The van der Waals surface area contributed by atoms with E-state index in [0.717, 1.165) is 23.1 Å². The van der Waals surface area contributed by atoms with Gasteiger partial charge in [0.25, 0.3) is 0 Å². The van der Waals surface area contributed by atoms with Gasteiger partial charge in [-0.25, -0.2) is 0 Å². The van der Waals surface area contributed by atoms with Crippen molar-refractivity contribution in [2.75, 3.05) is 11.4 Å². The number of carboxylic acids is 1. The Labute approximate surface area is 197 Å². The highest BCUT2D eigenvalue weighted by Crippen LogP contribution is 2.43. The number of carboxylic acid groups (broad SMARTS) is 1. The lowest BCUT2D eigenvalue weighted by Crippen LogP contribution is -2.50. The number of amides is 2. The van der Waals surface area contributed by atoms with Gasteiger partial charge < -0.3 is 15.2 Å². The molecule has 8 nitrogen and oxygen atoms in total. The second-order valence-electron chi connectivity index (χ2n) is 7.66. The highest BCUT2D eigenvalue weighted by Gasteiger charge is 2.47. The Balaban J connectivity index is 2.21. The van der Waals surface area contributed by atoms with Gasteiger partial charge in [0.2, 0.25) is 11.8 Å². The minimum atomic E-state index is -4.69. The van der Waals surface area contributed by atoms with Crippen LogP contribution in [0.5, 0.6) is 0 Å². The summed E-state index contributed by atoms with van der Waals surface area (Å²) in [6.45, 7) is 0.686. The molecule has 2 aromatic rings. The molecule has 2 amide bonds. The molecule has 0 spiro atoms. The average molecular weight is 483 g/mol. The van der Waals surface area contributed by atoms with Crippen LogP contribution in [-0.2, 0) is 15.8 Å². The first kappa shape index (κ1) is 25.0. The Morgan fingerprint density at radius 3 is 2.37 bits per heavy atom. The number of nitrogens with one attached hydrogen (secondary N) is 1. The van der Waals surface area contributed by atoms with Crippen molar-refractivity contribution in [1.82, 2.24) is 5.32 Å². The van der Waals surface area contributed by atoms with Gasteiger partial charge in [0.15, 0.2) is 6.54 Å². The summed E-state index contributed by atoms with van der Waals surface area (Å²) in [5, 5.41) is 30.2. The van der Waals surface area contributed by atoms with Crippen LogP contribution < -0.4 is 10.2 Å². The maximum absolute atomic E-state index is 13.6. The number of rotatable bonds is 5. The maximum Gasteiger partial charge on any atom is 0.500 e. The molecule has 3 N–H and O–H groups in total. The van der Waals surface area contributed by atoms with Crippen molar-refractivity contribution in [3.63, 3.8) is 0 Å². The SMILES string of the molecule is CC1=C(C#N)C(c2ccc(C#N)cc2)C(C(=O)NCC(O)=[OH+])C(=O)N1c1cccc(C(F)(F)F)c1. The molecule has 0 bridgehead atoms. The number of carbonyl (C=O) groups excluding carboxylic acids is 2. The molecule has 178 valence electrons. The van der Waals surface area contributed by atoms with Crippen molar-refractivity contribution in [1.29, 1.82) is 10.5 Å². The smallest absolute Gasteiger partial charge is 0.340 e. The number of benzene rings is 2. The summed E-state index contributed by atoms with van der Waals surface area (Å²) >= 11 is 0. The van der Waals surface area contributed by atoms with Gasteiger partial charge >= 0.3 is 12.1 Å². The molecule has 1 aliphatic heterocycles. The van der Waals surface area contributed by atoms with E-state index >= 15 is 0 Å². The quantitative estimate of drug-likeness (QED) is 0.496. The predicted octanol–water partition coefficient (Wildman–Crippen LogP) is 3.30. The van der Waals surface area contributed by atoms with Crippen LogP contribution in [0.4, 0.5) is 18.9 Å². The fourth-order valence-electron chi connectivity index (χ4n) is 3.92. The number of hydrogen-bond acceptors (Lipinski definition) is 4. The van der Waals surface area contributed by atoms with E-state index in [4.69, 9.17) is 15.2 Å². The van der Waals surface area contributed by atoms with E-state index in [0.29, 0.717) is 11.1 Å². The first-order valence-electron chi connectivity index (χ1n) is 10.1. The second-order valence-corrected chi connectivity index (χ2v) is 7.66. The van der Waals surface area contributed by atoms with Crippen molar-refractivity contribution in [2.24, 2.45) is 5.92 Å². The summed E-state index contributed by atoms with van der Waals surface area (Å²) in [6.07, 6.45) is -4.69. The molecule has 2 unspecified atom stereocenters. The highest BCUT2D eigenvalue weighted by atomic mass is 19.4. The number of halogens is 3. The first-order chi connectivity index (χ1) is 16.5. The predicted molar refractivity (Wildman–Crippen MR) is 117 cm³/mol. The zero-order valence-corrected chi connectivity index (χ0v) is 18.2. The van der Waals surface area contributed by atoms with E-state index in [1.807, 2.05) is 12.1 Å². The van der Waals surface area contributed by atoms with Crippen LogP contribution in [0.2, 0.25) is 0 Å². The van der Waals surface area contributed by atoms with Crippen LogP contribution in [0.3, 0.4) is 0 Å². The van der Waals surface area contributed by atoms with E-state index in [-0.39, 0.29) is 17.0 Å². The third-order valence-corrected chi connectivity index (χ3v) is 5.51. The van der Waals surface area contributed by atoms with E-state index < -0.39 is 47.9 Å². The number of aliphatic hydroxyl groups excluding tert-OH is 1. The normalized spacial score (nSPS) is 18.0. The number of nitriles is 2. The molecule has 35 heavy (non-hydrogen) atoms. The lowest BCUT2D eigenvalue weighted by Gasteiger charge is -2.38. The van der Waals surface area contributed by atoms with E-state index in [1.54, 1.807) is 0 Å². The molecular formula is C24H18F3N4O4+. The Morgan fingerprint density at radius 1 is 1.17 bits per heavy atom.